The Morgan fingerprint density at radius 2 is 1.83 bits per heavy atom. The summed E-state index contributed by atoms with van der Waals surface area (Å²) in [6.07, 6.45) is 3.98. The molecule has 0 aliphatic heterocycles. The molecule has 7 nitrogen and oxygen atoms in total. The van der Waals surface area contributed by atoms with E-state index in [-0.39, 0.29) is 11.7 Å². The van der Waals surface area contributed by atoms with Gasteiger partial charge in [-0.1, -0.05) is 49.4 Å². The molecule has 0 aliphatic carbocycles. The van der Waals surface area contributed by atoms with Crippen LogP contribution in [0.2, 0.25) is 0 Å². The van der Waals surface area contributed by atoms with E-state index in [2.05, 4.69) is 44.5 Å². The molecule has 0 amide bonds. The first-order valence-corrected chi connectivity index (χ1v) is 11.9. The van der Waals surface area contributed by atoms with Crippen LogP contribution in [0.15, 0.2) is 91.3 Å². The third kappa shape index (κ3) is 4.34. The van der Waals surface area contributed by atoms with E-state index in [9.17, 15) is 4.79 Å². The Kier molecular flexibility index (Phi) is 5.50. The SMILES string of the molecule is CC(CC(=O)c1cc2ccc(-c3nccc(Nc4ccc5[nH]ncc5c4)n3)cc2[nH]1)c1ccccc1. The molecule has 3 aromatic carbocycles. The number of hydrogen-bond acceptors (Lipinski definition) is 5. The standard InChI is InChI=1S/C29H24N6O/c1-18(19-5-3-2-4-6-19)13-27(36)26-15-20-7-8-21(16-25(20)33-26)29-30-12-11-28(34-29)32-23-9-10-24-22(14-23)17-31-35-24/h2-12,14-18,33H,13H2,1H3,(H,31,35)(H,30,32,34). The number of rotatable bonds is 7. The van der Waals surface area contributed by atoms with Crippen molar-refractivity contribution in [3.8, 4) is 11.4 Å². The number of benzene rings is 3. The van der Waals surface area contributed by atoms with Gasteiger partial charge in [0.1, 0.15) is 5.82 Å². The average Bonchev–Trinajstić information content (AvgIpc) is 3.55. The van der Waals surface area contributed by atoms with Gasteiger partial charge in [0.2, 0.25) is 0 Å². The van der Waals surface area contributed by atoms with E-state index in [0.29, 0.717) is 23.8 Å². The van der Waals surface area contributed by atoms with E-state index >= 15 is 0 Å². The molecule has 36 heavy (non-hydrogen) atoms. The first-order valence-electron chi connectivity index (χ1n) is 11.9. The molecule has 0 aliphatic rings. The number of carbonyl (C=O) groups is 1. The van der Waals surface area contributed by atoms with Crippen molar-refractivity contribution in [1.82, 2.24) is 25.1 Å². The number of H-pyrrole nitrogens is 2. The van der Waals surface area contributed by atoms with Gasteiger partial charge in [0.05, 0.1) is 17.4 Å². The second kappa shape index (κ2) is 9.11. The Morgan fingerprint density at radius 3 is 2.72 bits per heavy atom. The molecule has 0 saturated carbocycles. The monoisotopic (exact) mass is 472 g/mol. The summed E-state index contributed by atoms with van der Waals surface area (Å²) in [5.41, 5.74) is 5.44. The van der Waals surface area contributed by atoms with E-state index in [0.717, 1.165) is 33.1 Å². The van der Waals surface area contributed by atoms with Crippen LogP contribution in [0.4, 0.5) is 11.5 Å². The summed E-state index contributed by atoms with van der Waals surface area (Å²) in [5, 5.41) is 12.4. The highest BCUT2D eigenvalue weighted by atomic mass is 16.1. The van der Waals surface area contributed by atoms with Crippen molar-refractivity contribution in [3.63, 3.8) is 0 Å². The highest BCUT2D eigenvalue weighted by Crippen LogP contribution is 2.27. The first-order chi connectivity index (χ1) is 17.6. The minimum absolute atomic E-state index is 0.0983. The van der Waals surface area contributed by atoms with E-state index in [1.165, 1.54) is 5.56 Å². The maximum absolute atomic E-state index is 13.0. The molecule has 3 N–H and O–H groups in total. The Hall–Kier alpha value is -4.78. The summed E-state index contributed by atoms with van der Waals surface area (Å²) in [5.74, 6) is 1.55. The first kappa shape index (κ1) is 21.7. The fraction of sp³-hybridized carbons (Fsp3) is 0.103. The number of aromatic nitrogens is 5. The summed E-state index contributed by atoms with van der Waals surface area (Å²) in [6, 6.07) is 25.8. The molecule has 176 valence electrons. The summed E-state index contributed by atoms with van der Waals surface area (Å²) >= 11 is 0. The van der Waals surface area contributed by atoms with Gasteiger partial charge < -0.3 is 10.3 Å². The van der Waals surface area contributed by atoms with Gasteiger partial charge in [-0.2, -0.15) is 5.10 Å². The summed E-state index contributed by atoms with van der Waals surface area (Å²) in [4.78, 5) is 25.4. The smallest absolute Gasteiger partial charge is 0.179 e. The topological polar surface area (TPSA) is 99.3 Å². The molecule has 1 unspecified atom stereocenters. The normalized spacial score (nSPS) is 12.1. The van der Waals surface area contributed by atoms with E-state index < -0.39 is 0 Å². The van der Waals surface area contributed by atoms with Gasteiger partial charge in [-0.15, -0.1) is 0 Å². The predicted molar refractivity (Wildman–Crippen MR) is 143 cm³/mol. The zero-order chi connectivity index (χ0) is 24.5. The van der Waals surface area contributed by atoms with Crippen LogP contribution in [0.1, 0.15) is 35.3 Å². The van der Waals surface area contributed by atoms with Gasteiger partial charge in [0, 0.05) is 40.2 Å². The molecule has 3 heterocycles. The van der Waals surface area contributed by atoms with Gasteiger partial charge in [-0.05, 0) is 47.9 Å². The zero-order valence-corrected chi connectivity index (χ0v) is 19.7. The quantitative estimate of drug-likeness (QED) is 0.227. The number of ketones is 1. The van der Waals surface area contributed by atoms with Crippen LogP contribution in [-0.2, 0) is 0 Å². The molecule has 0 fully saturated rings. The van der Waals surface area contributed by atoms with Crippen LogP contribution in [0.3, 0.4) is 0 Å². The summed E-state index contributed by atoms with van der Waals surface area (Å²) in [6.45, 7) is 2.08. The molecule has 0 spiro atoms. The average molecular weight is 473 g/mol. The number of aromatic amines is 2. The minimum atomic E-state index is 0.0983. The van der Waals surface area contributed by atoms with Gasteiger partial charge in [-0.3, -0.25) is 9.89 Å². The largest absolute Gasteiger partial charge is 0.352 e. The van der Waals surface area contributed by atoms with Crippen molar-refractivity contribution < 1.29 is 4.79 Å². The lowest BCUT2D eigenvalue weighted by Gasteiger charge is -2.10. The lowest BCUT2D eigenvalue weighted by Crippen LogP contribution is -2.05. The fourth-order valence-corrected chi connectivity index (χ4v) is 4.44. The third-order valence-corrected chi connectivity index (χ3v) is 6.41. The Morgan fingerprint density at radius 1 is 0.944 bits per heavy atom. The van der Waals surface area contributed by atoms with E-state index in [1.54, 1.807) is 12.4 Å². The zero-order valence-electron chi connectivity index (χ0n) is 19.7. The molecule has 0 radical (unpaired) electrons. The lowest BCUT2D eigenvalue weighted by molar-refractivity contribution is 0.0971. The molecule has 6 aromatic rings. The highest BCUT2D eigenvalue weighted by Gasteiger charge is 2.16. The molecule has 0 bridgehead atoms. The van der Waals surface area contributed by atoms with Gasteiger partial charge in [0.15, 0.2) is 11.6 Å². The maximum Gasteiger partial charge on any atom is 0.179 e. The number of carbonyl (C=O) groups excluding carboxylic acids is 1. The van der Waals surface area contributed by atoms with Crippen molar-refractivity contribution in [3.05, 3.63) is 103 Å². The predicted octanol–water partition coefficient (Wildman–Crippen LogP) is 6.62. The second-order valence-corrected chi connectivity index (χ2v) is 8.99. The van der Waals surface area contributed by atoms with Crippen molar-refractivity contribution in [2.45, 2.75) is 19.3 Å². The minimum Gasteiger partial charge on any atom is -0.352 e. The molecular formula is C29H24N6O. The Labute approximate surface area is 207 Å². The van der Waals surface area contributed by atoms with Crippen molar-refractivity contribution in [1.29, 1.82) is 0 Å². The van der Waals surface area contributed by atoms with Gasteiger partial charge >= 0.3 is 0 Å². The number of Topliss-reactive ketones (excluding diaryl/α,β-unsaturated/α-hetero) is 1. The van der Waals surface area contributed by atoms with Crippen LogP contribution in [0, 0.1) is 0 Å². The Bertz CT molecular complexity index is 1680. The lowest BCUT2D eigenvalue weighted by atomic mass is 9.95. The molecule has 6 rings (SSSR count). The molecule has 3 aromatic heterocycles. The van der Waals surface area contributed by atoms with E-state index in [1.807, 2.05) is 66.7 Å². The molecule has 0 saturated heterocycles. The van der Waals surface area contributed by atoms with Crippen molar-refractivity contribution in [2.75, 3.05) is 5.32 Å². The van der Waals surface area contributed by atoms with Crippen LogP contribution in [0.25, 0.3) is 33.2 Å². The van der Waals surface area contributed by atoms with Crippen molar-refractivity contribution in [2.24, 2.45) is 0 Å². The molecular weight excluding hydrogens is 448 g/mol. The van der Waals surface area contributed by atoms with E-state index in [4.69, 9.17) is 4.98 Å². The van der Waals surface area contributed by atoms with Crippen LogP contribution < -0.4 is 5.32 Å². The second-order valence-electron chi connectivity index (χ2n) is 8.99. The van der Waals surface area contributed by atoms with Gasteiger partial charge in [-0.25, -0.2) is 9.97 Å². The summed E-state index contributed by atoms with van der Waals surface area (Å²) in [7, 11) is 0. The summed E-state index contributed by atoms with van der Waals surface area (Å²) < 4.78 is 0. The van der Waals surface area contributed by atoms with Crippen LogP contribution in [-0.4, -0.2) is 30.9 Å². The van der Waals surface area contributed by atoms with Gasteiger partial charge in [0.25, 0.3) is 0 Å². The number of hydrogen-bond donors (Lipinski definition) is 3. The molecule has 7 heteroatoms. The molecule has 1 atom stereocenters. The third-order valence-electron chi connectivity index (χ3n) is 6.41. The fourth-order valence-electron chi connectivity index (χ4n) is 4.44. The van der Waals surface area contributed by atoms with Crippen molar-refractivity contribution >= 4 is 39.1 Å². The number of fused-ring (bicyclic) bond motifs is 2. The van der Waals surface area contributed by atoms with Crippen LogP contribution in [0.5, 0.6) is 0 Å². The van der Waals surface area contributed by atoms with Crippen LogP contribution >= 0.6 is 0 Å². The maximum atomic E-state index is 13.0. The Balaban J connectivity index is 1.22. The number of nitrogens with one attached hydrogen (secondary N) is 3. The number of anilines is 2. The number of nitrogens with zero attached hydrogens (tertiary/aromatic N) is 3. The highest BCUT2D eigenvalue weighted by molar-refractivity contribution is 6.00.